The first-order valence-electron chi connectivity index (χ1n) is 4.41. The molecule has 0 bridgehead atoms. The molecule has 0 aliphatic heterocycles. The highest BCUT2D eigenvalue weighted by Crippen LogP contribution is 2.02. The van der Waals surface area contributed by atoms with Gasteiger partial charge in [-0.1, -0.05) is 13.8 Å². The number of methoxy groups -OCH3 is 2. The average molecular weight is 203 g/mol. The maximum Gasteiger partial charge on any atom is 0.323 e. The second kappa shape index (κ2) is 6.37. The molecular weight excluding hydrogens is 186 g/mol. The van der Waals surface area contributed by atoms with Gasteiger partial charge >= 0.3 is 11.9 Å². The first kappa shape index (κ1) is 12.9. The van der Waals surface area contributed by atoms with Crippen molar-refractivity contribution >= 4 is 11.9 Å². The van der Waals surface area contributed by atoms with Crippen molar-refractivity contribution in [3.05, 3.63) is 0 Å². The van der Waals surface area contributed by atoms with E-state index < -0.39 is 12.0 Å². The minimum absolute atomic E-state index is 0.00838. The molecular formula is C9H17NO4. The van der Waals surface area contributed by atoms with Crippen molar-refractivity contribution in [2.24, 2.45) is 5.92 Å². The Balaban J connectivity index is 4.11. The van der Waals surface area contributed by atoms with E-state index in [2.05, 4.69) is 14.8 Å². The Labute approximate surface area is 83.8 Å². The Morgan fingerprint density at radius 3 is 2.14 bits per heavy atom. The van der Waals surface area contributed by atoms with Crippen LogP contribution in [0.1, 0.15) is 13.8 Å². The lowest BCUT2D eigenvalue weighted by Gasteiger charge is -2.18. The van der Waals surface area contributed by atoms with Gasteiger partial charge in [0, 0.05) is 0 Å². The molecule has 0 spiro atoms. The summed E-state index contributed by atoms with van der Waals surface area (Å²) >= 11 is 0. The number of ether oxygens (including phenoxy) is 2. The third-order valence-corrected chi connectivity index (χ3v) is 1.82. The minimum Gasteiger partial charge on any atom is -0.468 e. The summed E-state index contributed by atoms with van der Waals surface area (Å²) in [5, 5.41) is 2.77. The van der Waals surface area contributed by atoms with E-state index in [0.717, 1.165) is 0 Å². The highest BCUT2D eigenvalue weighted by molar-refractivity contribution is 5.77. The number of hydrogen-bond donors (Lipinski definition) is 1. The minimum atomic E-state index is -0.473. The van der Waals surface area contributed by atoms with Gasteiger partial charge in [0.05, 0.1) is 20.8 Å². The number of carbonyl (C=O) groups excluding carboxylic acids is 2. The summed E-state index contributed by atoms with van der Waals surface area (Å²) in [5.74, 6) is -0.712. The first-order valence-corrected chi connectivity index (χ1v) is 4.41. The number of esters is 2. The van der Waals surface area contributed by atoms with Crippen molar-refractivity contribution in [2.45, 2.75) is 19.9 Å². The second-order valence-corrected chi connectivity index (χ2v) is 3.20. The van der Waals surface area contributed by atoms with Gasteiger partial charge in [0.1, 0.15) is 6.04 Å². The molecule has 0 aromatic carbocycles. The fourth-order valence-electron chi connectivity index (χ4n) is 0.984. The zero-order chi connectivity index (χ0) is 11.1. The smallest absolute Gasteiger partial charge is 0.323 e. The van der Waals surface area contributed by atoms with Crippen molar-refractivity contribution in [3.8, 4) is 0 Å². The van der Waals surface area contributed by atoms with Gasteiger partial charge in [-0.3, -0.25) is 14.9 Å². The molecule has 5 nitrogen and oxygen atoms in total. The molecule has 0 heterocycles. The van der Waals surface area contributed by atoms with Crippen LogP contribution in [0.2, 0.25) is 0 Å². The molecule has 0 fully saturated rings. The molecule has 0 aromatic rings. The quantitative estimate of drug-likeness (QED) is 0.634. The summed E-state index contributed by atoms with van der Waals surface area (Å²) in [4.78, 5) is 22.0. The Hall–Kier alpha value is -1.10. The molecule has 5 heteroatoms. The van der Waals surface area contributed by atoms with E-state index in [4.69, 9.17) is 0 Å². The van der Waals surface area contributed by atoms with Crippen LogP contribution >= 0.6 is 0 Å². The number of rotatable bonds is 5. The van der Waals surface area contributed by atoms with Gasteiger partial charge in [-0.05, 0) is 5.92 Å². The maximum absolute atomic E-state index is 11.2. The summed E-state index contributed by atoms with van der Waals surface area (Å²) < 4.78 is 9.03. The average Bonchev–Trinajstić information content (AvgIpc) is 2.16. The molecule has 0 aromatic heterocycles. The summed E-state index contributed by atoms with van der Waals surface area (Å²) in [5.41, 5.74) is 0. The zero-order valence-corrected chi connectivity index (χ0v) is 8.99. The highest BCUT2D eigenvalue weighted by atomic mass is 16.5. The van der Waals surface area contributed by atoms with Crippen LogP contribution in [0.25, 0.3) is 0 Å². The lowest BCUT2D eigenvalue weighted by atomic mass is 10.1. The Morgan fingerprint density at radius 1 is 1.21 bits per heavy atom. The predicted octanol–water partition coefficient (Wildman–Crippen LogP) is -0.0534. The topological polar surface area (TPSA) is 64.6 Å². The van der Waals surface area contributed by atoms with Crippen molar-refractivity contribution in [3.63, 3.8) is 0 Å². The Kier molecular flexibility index (Phi) is 5.87. The van der Waals surface area contributed by atoms with E-state index in [-0.39, 0.29) is 18.4 Å². The lowest BCUT2D eigenvalue weighted by molar-refractivity contribution is -0.145. The Bertz CT molecular complexity index is 203. The summed E-state index contributed by atoms with van der Waals surface area (Å²) in [6.07, 6.45) is 0. The molecule has 1 unspecified atom stereocenters. The third kappa shape index (κ3) is 4.23. The fraction of sp³-hybridized carbons (Fsp3) is 0.778. The van der Waals surface area contributed by atoms with Crippen LogP contribution in [0.15, 0.2) is 0 Å². The van der Waals surface area contributed by atoms with Crippen LogP contribution in [0.3, 0.4) is 0 Å². The molecule has 0 saturated carbocycles. The van der Waals surface area contributed by atoms with E-state index in [9.17, 15) is 9.59 Å². The number of carbonyl (C=O) groups is 2. The summed E-state index contributed by atoms with van der Waals surface area (Å²) in [7, 11) is 2.62. The van der Waals surface area contributed by atoms with Crippen LogP contribution in [0.5, 0.6) is 0 Å². The largest absolute Gasteiger partial charge is 0.468 e. The van der Waals surface area contributed by atoms with Gasteiger partial charge in [0.15, 0.2) is 0 Å². The predicted molar refractivity (Wildman–Crippen MR) is 50.7 cm³/mol. The van der Waals surface area contributed by atoms with Gasteiger partial charge in [0.2, 0.25) is 0 Å². The number of hydrogen-bond acceptors (Lipinski definition) is 5. The normalized spacial score (nSPS) is 12.4. The molecule has 0 amide bonds. The molecule has 0 radical (unpaired) electrons. The monoisotopic (exact) mass is 203 g/mol. The summed E-state index contributed by atoms with van der Waals surface area (Å²) in [6, 6.07) is -0.473. The van der Waals surface area contributed by atoms with E-state index in [1.807, 2.05) is 13.8 Å². The highest BCUT2D eigenvalue weighted by Gasteiger charge is 2.22. The van der Waals surface area contributed by atoms with Crippen LogP contribution in [0, 0.1) is 5.92 Å². The molecule has 0 saturated heterocycles. The molecule has 14 heavy (non-hydrogen) atoms. The molecule has 0 aliphatic rings. The lowest BCUT2D eigenvalue weighted by Crippen LogP contribution is -2.44. The van der Waals surface area contributed by atoms with E-state index in [1.54, 1.807) is 0 Å². The SMILES string of the molecule is COC(=O)CNC(C(=O)OC)C(C)C. The molecule has 1 atom stereocenters. The van der Waals surface area contributed by atoms with Crippen molar-refractivity contribution < 1.29 is 19.1 Å². The fourth-order valence-corrected chi connectivity index (χ4v) is 0.984. The van der Waals surface area contributed by atoms with Crippen LogP contribution in [-0.2, 0) is 19.1 Å². The molecule has 0 aliphatic carbocycles. The van der Waals surface area contributed by atoms with Gasteiger partial charge in [-0.25, -0.2) is 0 Å². The summed E-state index contributed by atoms with van der Waals surface area (Å²) in [6.45, 7) is 3.74. The molecule has 1 N–H and O–H groups in total. The van der Waals surface area contributed by atoms with Gasteiger partial charge < -0.3 is 9.47 Å². The standard InChI is InChI=1S/C9H17NO4/c1-6(2)8(9(12)14-4)10-5-7(11)13-3/h6,8,10H,5H2,1-4H3. The van der Waals surface area contributed by atoms with Crippen LogP contribution < -0.4 is 5.32 Å². The first-order chi connectivity index (χ1) is 6.52. The van der Waals surface area contributed by atoms with E-state index in [1.165, 1.54) is 14.2 Å². The van der Waals surface area contributed by atoms with Crippen LogP contribution in [-0.4, -0.2) is 38.7 Å². The van der Waals surface area contributed by atoms with Gasteiger partial charge in [-0.15, -0.1) is 0 Å². The molecule has 82 valence electrons. The second-order valence-electron chi connectivity index (χ2n) is 3.20. The molecule has 0 rings (SSSR count). The van der Waals surface area contributed by atoms with E-state index >= 15 is 0 Å². The van der Waals surface area contributed by atoms with E-state index in [0.29, 0.717) is 0 Å². The van der Waals surface area contributed by atoms with Crippen molar-refractivity contribution in [1.82, 2.24) is 5.32 Å². The van der Waals surface area contributed by atoms with Gasteiger partial charge in [0.25, 0.3) is 0 Å². The van der Waals surface area contributed by atoms with Crippen LogP contribution in [0.4, 0.5) is 0 Å². The maximum atomic E-state index is 11.2. The number of nitrogens with one attached hydrogen (secondary N) is 1. The zero-order valence-electron chi connectivity index (χ0n) is 8.99. The van der Waals surface area contributed by atoms with Crippen molar-refractivity contribution in [1.29, 1.82) is 0 Å². The third-order valence-electron chi connectivity index (χ3n) is 1.82. The van der Waals surface area contributed by atoms with Crippen molar-refractivity contribution in [2.75, 3.05) is 20.8 Å². The van der Waals surface area contributed by atoms with Gasteiger partial charge in [-0.2, -0.15) is 0 Å². The Morgan fingerprint density at radius 2 is 1.79 bits per heavy atom.